The first-order valence-corrected chi connectivity index (χ1v) is 13.3. The molecule has 3 heterocycles. The van der Waals surface area contributed by atoms with Crippen molar-refractivity contribution < 1.29 is 9.53 Å². The van der Waals surface area contributed by atoms with E-state index < -0.39 is 28.5 Å². The standard InChI is InChI=1S/C29H36N8O4/c1-9-10-15-36-22-23(33-25(36)30-17-29(6,7)34-26(39)41-28(3,4)5)35(8)27(40)37(24(22)38)16-21-31-18(2)19-13-11-12-14-20(19)32-21/h11-14H,15-17H2,1-8H3,(H,30,33)(H,34,39). The number of aryl methyl sites for hydroxylation is 2. The van der Waals surface area contributed by atoms with Crippen molar-refractivity contribution in [3.05, 3.63) is 56.6 Å². The highest BCUT2D eigenvalue weighted by molar-refractivity contribution is 5.80. The highest BCUT2D eigenvalue weighted by atomic mass is 16.6. The molecule has 12 heteroatoms. The van der Waals surface area contributed by atoms with Crippen LogP contribution in [-0.2, 0) is 24.9 Å². The Kier molecular flexibility index (Phi) is 7.92. The van der Waals surface area contributed by atoms with Gasteiger partial charge >= 0.3 is 11.8 Å². The lowest BCUT2D eigenvalue weighted by Crippen LogP contribution is -2.50. The van der Waals surface area contributed by atoms with Gasteiger partial charge in [0.1, 0.15) is 11.4 Å². The van der Waals surface area contributed by atoms with E-state index in [9.17, 15) is 14.4 Å². The van der Waals surface area contributed by atoms with E-state index in [1.165, 1.54) is 4.57 Å². The molecule has 0 atom stereocenters. The Labute approximate surface area is 237 Å². The molecule has 1 amide bonds. The summed E-state index contributed by atoms with van der Waals surface area (Å²) in [6, 6.07) is 7.58. The molecule has 2 N–H and O–H groups in total. The number of fused-ring (bicyclic) bond motifs is 2. The maximum absolute atomic E-state index is 13.8. The van der Waals surface area contributed by atoms with E-state index in [2.05, 4.69) is 37.4 Å². The zero-order valence-electron chi connectivity index (χ0n) is 24.7. The third kappa shape index (κ3) is 6.40. The molecule has 3 aromatic heterocycles. The monoisotopic (exact) mass is 560 g/mol. The summed E-state index contributed by atoms with van der Waals surface area (Å²) in [5.74, 6) is 6.51. The minimum Gasteiger partial charge on any atom is -0.444 e. The van der Waals surface area contributed by atoms with Crippen molar-refractivity contribution in [2.24, 2.45) is 7.05 Å². The highest BCUT2D eigenvalue weighted by Crippen LogP contribution is 2.18. The molecule has 4 aromatic rings. The average molecular weight is 561 g/mol. The third-order valence-corrected chi connectivity index (χ3v) is 6.31. The van der Waals surface area contributed by atoms with E-state index in [-0.39, 0.29) is 30.8 Å². The van der Waals surface area contributed by atoms with Crippen molar-refractivity contribution in [3.8, 4) is 11.8 Å². The van der Waals surface area contributed by atoms with Crippen LogP contribution in [-0.4, -0.2) is 52.4 Å². The smallest absolute Gasteiger partial charge is 0.408 e. The molecule has 0 aliphatic carbocycles. The molecule has 0 spiro atoms. The molecule has 12 nitrogen and oxygen atoms in total. The minimum atomic E-state index is -0.737. The van der Waals surface area contributed by atoms with Gasteiger partial charge in [0.25, 0.3) is 5.56 Å². The van der Waals surface area contributed by atoms with Crippen molar-refractivity contribution in [1.82, 2.24) is 34.0 Å². The first-order valence-electron chi connectivity index (χ1n) is 13.3. The van der Waals surface area contributed by atoms with Gasteiger partial charge in [-0.2, -0.15) is 4.98 Å². The van der Waals surface area contributed by atoms with Gasteiger partial charge in [0.2, 0.25) is 5.95 Å². The molecule has 0 radical (unpaired) electrons. The molecule has 216 valence electrons. The Bertz CT molecular complexity index is 1810. The number of nitrogens with one attached hydrogen (secondary N) is 2. The number of alkyl carbamates (subject to hydrolysis) is 1. The number of aromatic nitrogens is 6. The van der Waals surface area contributed by atoms with Crippen LogP contribution in [0, 0.1) is 18.8 Å². The van der Waals surface area contributed by atoms with Crippen molar-refractivity contribution in [2.75, 3.05) is 11.9 Å². The van der Waals surface area contributed by atoms with Crippen LogP contribution in [0.15, 0.2) is 33.9 Å². The molecular weight excluding hydrogens is 524 g/mol. The van der Waals surface area contributed by atoms with Crippen molar-refractivity contribution >= 4 is 34.1 Å². The Morgan fingerprint density at radius 2 is 1.76 bits per heavy atom. The Morgan fingerprint density at radius 3 is 2.44 bits per heavy atom. The van der Waals surface area contributed by atoms with E-state index in [1.54, 1.807) is 39.3 Å². The normalized spacial score (nSPS) is 11.8. The van der Waals surface area contributed by atoms with Gasteiger partial charge in [0.15, 0.2) is 11.2 Å². The van der Waals surface area contributed by atoms with Crippen LogP contribution in [0.1, 0.15) is 53.1 Å². The van der Waals surface area contributed by atoms with Crippen molar-refractivity contribution in [2.45, 2.75) is 72.7 Å². The number of hydrogen-bond donors (Lipinski definition) is 2. The zero-order valence-corrected chi connectivity index (χ0v) is 24.7. The molecule has 1 aromatic carbocycles. The maximum Gasteiger partial charge on any atom is 0.408 e. The summed E-state index contributed by atoms with van der Waals surface area (Å²) in [7, 11) is 1.56. The van der Waals surface area contributed by atoms with Gasteiger partial charge in [-0.05, 0) is 54.5 Å². The fourth-order valence-electron chi connectivity index (χ4n) is 4.39. The number of carbonyl (C=O) groups is 1. The average Bonchev–Trinajstić information content (AvgIpc) is 3.25. The van der Waals surface area contributed by atoms with Crippen LogP contribution in [0.4, 0.5) is 10.7 Å². The minimum absolute atomic E-state index is 0.104. The lowest BCUT2D eigenvalue weighted by molar-refractivity contribution is 0.0477. The van der Waals surface area contributed by atoms with Gasteiger partial charge in [-0.15, -0.1) is 5.92 Å². The second-order valence-corrected chi connectivity index (χ2v) is 11.5. The van der Waals surface area contributed by atoms with Gasteiger partial charge in [-0.25, -0.2) is 19.6 Å². The topological polar surface area (TPSA) is 138 Å². The second kappa shape index (κ2) is 11.1. The molecule has 41 heavy (non-hydrogen) atoms. The molecule has 0 aliphatic heterocycles. The number of para-hydroxylation sites is 1. The zero-order chi connectivity index (χ0) is 30.1. The second-order valence-electron chi connectivity index (χ2n) is 11.5. The van der Waals surface area contributed by atoms with Gasteiger partial charge in [-0.1, -0.05) is 24.1 Å². The first kappa shape index (κ1) is 29.3. The fourth-order valence-corrected chi connectivity index (χ4v) is 4.39. The predicted octanol–water partition coefficient (Wildman–Crippen LogP) is 2.94. The van der Waals surface area contributed by atoms with Crippen LogP contribution >= 0.6 is 0 Å². The quantitative estimate of drug-likeness (QED) is 0.329. The molecule has 0 aliphatic rings. The number of carbonyl (C=O) groups excluding carboxylic acids is 1. The SMILES string of the molecule is CC#CCn1c(NCC(C)(C)NC(=O)OC(C)(C)C)nc2c1c(=O)n(Cc1nc(C)c3ccccc3n1)c(=O)n2C. The van der Waals surface area contributed by atoms with Crippen LogP contribution in [0.3, 0.4) is 0 Å². The summed E-state index contributed by atoms with van der Waals surface area (Å²) in [6.45, 7) is 12.9. The van der Waals surface area contributed by atoms with Crippen LogP contribution in [0.2, 0.25) is 0 Å². The van der Waals surface area contributed by atoms with E-state index in [1.807, 2.05) is 45.0 Å². The Balaban J connectivity index is 1.73. The molecule has 0 unspecified atom stereocenters. The van der Waals surface area contributed by atoms with Crippen molar-refractivity contribution in [1.29, 1.82) is 0 Å². The predicted molar refractivity (Wildman–Crippen MR) is 158 cm³/mol. The summed E-state index contributed by atoms with van der Waals surface area (Å²) in [5.41, 5.74) is -0.519. The van der Waals surface area contributed by atoms with E-state index in [0.717, 1.165) is 21.2 Å². The Morgan fingerprint density at radius 1 is 1.05 bits per heavy atom. The van der Waals surface area contributed by atoms with E-state index >= 15 is 0 Å². The highest BCUT2D eigenvalue weighted by Gasteiger charge is 2.26. The number of amides is 1. The van der Waals surface area contributed by atoms with Gasteiger partial charge in [0, 0.05) is 24.7 Å². The number of imidazole rings is 1. The molecule has 0 saturated heterocycles. The summed E-state index contributed by atoms with van der Waals surface area (Å²) < 4.78 is 9.46. The van der Waals surface area contributed by atoms with E-state index in [0.29, 0.717) is 11.8 Å². The summed E-state index contributed by atoms with van der Waals surface area (Å²) in [6.07, 6.45) is -0.550. The number of anilines is 1. The fraction of sp³-hybridized carbons (Fsp3) is 0.448. The lowest BCUT2D eigenvalue weighted by Gasteiger charge is -2.29. The largest absolute Gasteiger partial charge is 0.444 e. The molecular formula is C29H36N8O4. The molecule has 4 rings (SSSR count). The molecule has 0 fully saturated rings. The number of rotatable bonds is 7. The van der Waals surface area contributed by atoms with Crippen LogP contribution in [0.25, 0.3) is 22.1 Å². The van der Waals surface area contributed by atoms with Crippen LogP contribution in [0.5, 0.6) is 0 Å². The molecule has 0 saturated carbocycles. The maximum atomic E-state index is 13.8. The van der Waals surface area contributed by atoms with E-state index in [4.69, 9.17) is 4.74 Å². The summed E-state index contributed by atoms with van der Waals surface area (Å²) in [4.78, 5) is 53.2. The Hall–Kier alpha value is -4.66. The van der Waals surface area contributed by atoms with Gasteiger partial charge in [-0.3, -0.25) is 18.5 Å². The van der Waals surface area contributed by atoms with Gasteiger partial charge < -0.3 is 15.4 Å². The number of ether oxygens (including phenoxy) is 1. The third-order valence-electron chi connectivity index (χ3n) is 6.31. The summed E-state index contributed by atoms with van der Waals surface area (Å²) in [5, 5.41) is 6.96. The number of benzene rings is 1. The van der Waals surface area contributed by atoms with Crippen LogP contribution < -0.4 is 21.9 Å². The van der Waals surface area contributed by atoms with Gasteiger partial charge in [0.05, 0.1) is 24.1 Å². The number of hydrogen-bond acceptors (Lipinski definition) is 8. The van der Waals surface area contributed by atoms with Crippen molar-refractivity contribution in [3.63, 3.8) is 0 Å². The first-order chi connectivity index (χ1) is 19.2. The number of nitrogens with zero attached hydrogens (tertiary/aromatic N) is 6. The molecule has 0 bridgehead atoms. The summed E-state index contributed by atoms with van der Waals surface area (Å²) >= 11 is 0. The lowest BCUT2D eigenvalue weighted by atomic mass is 10.1.